The lowest BCUT2D eigenvalue weighted by molar-refractivity contribution is -0.169. The van der Waals surface area contributed by atoms with Crippen LogP contribution in [0.3, 0.4) is 0 Å². The molecule has 1 heterocycles. The van der Waals surface area contributed by atoms with Crippen LogP contribution < -0.4 is 10.1 Å². The van der Waals surface area contributed by atoms with Crippen molar-refractivity contribution in [1.29, 1.82) is 0 Å². The fourth-order valence-electron chi connectivity index (χ4n) is 3.69. The number of methoxy groups -OCH3 is 1. The van der Waals surface area contributed by atoms with Gasteiger partial charge in [0.15, 0.2) is 5.41 Å². The first-order valence-corrected chi connectivity index (χ1v) is 9.87. The van der Waals surface area contributed by atoms with Crippen molar-refractivity contribution in [2.24, 2.45) is 5.41 Å². The zero-order chi connectivity index (χ0) is 22.6. The van der Waals surface area contributed by atoms with Gasteiger partial charge in [0.2, 0.25) is 5.91 Å². The number of likely N-dealkylation sites (tertiary alicyclic amines) is 1. The Kier molecular flexibility index (Phi) is 6.43. The lowest BCUT2D eigenvalue weighted by atomic mass is 9.78. The molecular formula is C22H24N2O7. The largest absolute Gasteiger partial charge is 0.497 e. The van der Waals surface area contributed by atoms with Crippen molar-refractivity contribution in [2.75, 3.05) is 26.7 Å². The number of carbonyl (C=O) groups is 4. The Morgan fingerprint density at radius 1 is 1.00 bits per heavy atom. The molecule has 0 aliphatic carbocycles. The van der Waals surface area contributed by atoms with Crippen LogP contribution in [0.25, 0.3) is 10.8 Å². The van der Waals surface area contributed by atoms with Crippen LogP contribution in [0, 0.1) is 5.41 Å². The average molecular weight is 428 g/mol. The van der Waals surface area contributed by atoms with E-state index >= 15 is 0 Å². The summed E-state index contributed by atoms with van der Waals surface area (Å²) in [5, 5.41) is 23.0. The summed E-state index contributed by atoms with van der Waals surface area (Å²) in [7, 11) is 1.59. The Balaban J connectivity index is 1.51. The van der Waals surface area contributed by atoms with Crippen molar-refractivity contribution in [2.45, 2.75) is 19.3 Å². The van der Waals surface area contributed by atoms with Crippen LogP contribution in [0.5, 0.6) is 5.75 Å². The summed E-state index contributed by atoms with van der Waals surface area (Å²) in [6, 6.07) is 10.8. The second-order valence-corrected chi connectivity index (χ2v) is 7.51. The van der Waals surface area contributed by atoms with Gasteiger partial charge in [0.25, 0.3) is 5.91 Å². The van der Waals surface area contributed by atoms with Crippen molar-refractivity contribution >= 4 is 34.5 Å². The smallest absolute Gasteiger partial charge is 0.321 e. The Labute approximate surface area is 178 Å². The van der Waals surface area contributed by atoms with Crippen LogP contribution in [-0.2, 0) is 14.4 Å². The number of rotatable bonds is 7. The number of carboxylic acid groups (broad SMARTS) is 2. The van der Waals surface area contributed by atoms with Gasteiger partial charge in [-0.3, -0.25) is 19.2 Å². The molecule has 0 unspecified atom stereocenters. The van der Waals surface area contributed by atoms with Crippen LogP contribution in [0.1, 0.15) is 29.6 Å². The highest BCUT2D eigenvalue weighted by molar-refractivity contribution is 5.99. The zero-order valence-corrected chi connectivity index (χ0v) is 17.1. The summed E-state index contributed by atoms with van der Waals surface area (Å²) in [4.78, 5) is 48.9. The van der Waals surface area contributed by atoms with Gasteiger partial charge in [-0.15, -0.1) is 0 Å². The number of amides is 2. The normalized spacial score (nSPS) is 15.3. The molecule has 2 amide bonds. The van der Waals surface area contributed by atoms with E-state index in [2.05, 4.69) is 5.32 Å². The number of nitrogens with zero attached hydrogens (tertiary/aromatic N) is 1. The van der Waals surface area contributed by atoms with Gasteiger partial charge in [0, 0.05) is 31.6 Å². The highest BCUT2D eigenvalue weighted by Gasteiger charge is 2.49. The molecule has 1 fully saturated rings. The minimum atomic E-state index is -1.84. The van der Waals surface area contributed by atoms with Crippen molar-refractivity contribution in [3.8, 4) is 5.75 Å². The summed E-state index contributed by atoms with van der Waals surface area (Å²) >= 11 is 0. The highest BCUT2D eigenvalue weighted by Crippen LogP contribution is 2.32. The molecule has 164 valence electrons. The van der Waals surface area contributed by atoms with Gasteiger partial charge in [-0.05, 0) is 47.9 Å². The number of ether oxygens (including phenoxy) is 1. The first-order chi connectivity index (χ1) is 14.8. The Bertz CT molecular complexity index is 1010. The number of piperidine rings is 1. The third-order valence-electron chi connectivity index (χ3n) is 5.72. The summed E-state index contributed by atoms with van der Waals surface area (Å²) < 4.78 is 5.19. The standard InChI is InChI=1S/C22H24N2O7/c1-31-17-5-4-14-12-16(3-2-15(14)13-17)19(26)23-9-6-18(25)24-10-7-22(8-11-24,20(27)28)21(29)30/h2-5,12-13H,6-11H2,1H3,(H,23,26)(H,27,28)(H,29,30). The monoisotopic (exact) mass is 428 g/mol. The average Bonchev–Trinajstić information content (AvgIpc) is 2.77. The molecule has 3 rings (SSSR count). The first-order valence-electron chi connectivity index (χ1n) is 9.87. The van der Waals surface area contributed by atoms with E-state index in [-0.39, 0.29) is 50.7 Å². The molecule has 31 heavy (non-hydrogen) atoms. The summed E-state index contributed by atoms with van der Waals surface area (Å²) in [6.45, 7) is 0.233. The molecular weight excluding hydrogens is 404 g/mol. The molecule has 0 spiro atoms. The molecule has 0 bridgehead atoms. The van der Waals surface area contributed by atoms with E-state index in [4.69, 9.17) is 4.74 Å². The van der Waals surface area contributed by atoms with Crippen LogP contribution in [0.15, 0.2) is 36.4 Å². The predicted octanol–water partition coefficient (Wildman–Crippen LogP) is 1.75. The van der Waals surface area contributed by atoms with Gasteiger partial charge >= 0.3 is 11.9 Å². The van der Waals surface area contributed by atoms with Crippen LogP contribution >= 0.6 is 0 Å². The summed E-state index contributed by atoms with van der Waals surface area (Å²) in [6.07, 6.45) is -0.237. The number of carboxylic acids is 2. The second kappa shape index (κ2) is 9.03. The molecule has 0 atom stereocenters. The lowest BCUT2D eigenvalue weighted by Crippen LogP contribution is -2.50. The Hall–Kier alpha value is -3.62. The van der Waals surface area contributed by atoms with Gasteiger partial charge in [-0.25, -0.2) is 0 Å². The SMILES string of the molecule is COc1ccc2cc(C(=O)NCCC(=O)N3CCC(C(=O)O)(C(=O)O)CC3)ccc2c1. The number of hydrogen-bond acceptors (Lipinski definition) is 5. The van der Waals surface area contributed by atoms with Crippen molar-refractivity contribution in [3.05, 3.63) is 42.0 Å². The molecule has 3 N–H and O–H groups in total. The highest BCUT2D eigenvalue weighted by atomic mass is 16.5. The predicted molar refractivity (Wildman–Crippen MR) is 111 cm³/mol. The molecule has 0 saturated carbocycles. The number of carbonyl (C=O) groups excluding carboxylic acids is 2. The van der Waals surface area contributed by atoms with Crippen LogP contribution in [0.2, 0.25) is 0 Å². The molecule has 9 nitrogen and oxygen atoms in total. The topological polar surface area (TPSA) is 133 Å². The molecule has 1 aliphatic rings. The Morgan fingerprint density at radius 3 is 2.23 bits per heavy atom. The van der Waals surface area contributed by atoms with E-state index in [9.17, 15) is 29.4 Å². The maximum absolute atomic E-state index is 12.4. The number of nitrogens with one attached hydrogen (secondary N) is 1. The number of fused-ring (bicyclic) bond motifs is 1. The number of aliphatic carboxylic acids is 2. The van der Waals surface area contributed by atoms with Crippen molar-refractivity contribution in [3.63, 3.8) is 0 Å². The van der Waals surface area contributed by atoms with Gasteiger partial charge in [-0.2, -0.15) is 0 Å². The van der Waals surface area contributed by atoms with Gasteiger partial charge in [-0.1, -0.05) is 12.1 Å². The van der Waals surface area contributed by atoms with E-state index in [0.717, 1.165) is 16.5 Å². The van der Waals surface area contributed by atoms with E-state index in [1.54, 1.807) is 19.2 Å². The first kappa shape index (κ1) is 22.1. The lowest BCUT2D eigenvalue weighted by Gasteiger charge is -2.36. The zero-order valence-electron chi connectivity index (χ0n) is 17.1. The number of benzene rings is 2. The van der Waals surface area contributed by atoms with Crippen LogP contribution in [0.4, 0.5) is 0 Å². The van der Waals surface area contributed by atoms with Gasteiger partial charge in [0.05, 0.1) is 7.11 Å². The maximum atomic E-state index is 12.4. The molecule has 0 aromatic heterocycles. The maximum Gasteiger partial charge on any atom is 0.321 e. The van der Waals surface area contributed by atoms with Crippen molar-refractivity contribution < 1.29 is 34.1 Å². The quantitative estimate of drug-likeness (QED) is 0.572. The third-order valence-corrected chi connectivity index (χ3v) is 5.72. The van der Waals surface area contributed by atoms with Gasteiger partial charge in [0.1, 0.15) is 5.75 Å². The fourth-order valence-corrected chi connectivity index (χ4v) is 3.69. The molecule has 0 radical (unpaired) electrons. The molecule has 1 aliphatic heterocycles. The second-order valence-electron chi connectivity index (χ2n) is 7.51. The summed E-state index contributed by atoms with van der Waals surface area (Å²) in [5.74, 6) is -2.60. The fraction of sp³-hybridized carbons (Fsp3) is 0.364. The molecule has 2 aromatic carbocycles. The summed E-state index contributed by atoms with van der Waals surface area (Å²) in [5.41, 5.74) is -1.37. The Morgan fingerprint density at radius 2 is 1.61 bits per heavy atom. The van der Waals surface area contributed by atoms with Crippen molar-refractivity contribution in [1.82, 2.24) is 10.2 Å². The molecule has 1 saturated heterocycles. The third kappa shape index (κ3) is 4.60. The minimum Gasteiger partial charge on any atom is -0.497 e. The van der Waals surface area contributed by atoms with E-state index in [0.29, 0.717) is 5.56 Å². The van der Waals surface area contributed by atoms with E-state index < -0.39 is 17.4 Å². The molecule has 9 heteroatoms. The minimum absolute atomic E-state index is 0.0453. The van der Waals surface area contributed by atoms with Gasteiger partial charge < -0.3 is 25.2 Å². The van der Waals surface area contributed by atoms with Crippen LogP contribution in [-0.4, -0.2) is 65.6 Å². The van der Waals surface area contributed by atoms with E-state index in [1.165, 1.54) is 4.90 Å². The molecule has 2 aromatic rings. The number of hydrogen-bond donors (Lipinski definition) is 3. The van der Waals surface area contributed by atoms with E-state index in [1.807, 2.05) is 24.3 Å².